The number of hydrogen-bond donors (Lipinski definition) is 1. The number of fused-ring (bicyclic) bond motifs is 1. The van der Waals surface area contributed by atoms with Crippen LogP contribution in [0.25, 0.3) is 0 Å². The van der Waals surface area contributed by atoms with Crippen molar-refractivity contribution in [2.24, 2.45) is 5.73 Å². The van der Waals surface area contributed by atoms with Crippen LogP contribution >= 0.6 is 0 Å². The van der Waals surface area contributed by atoms with E-state index in [9.17, 15) is 10.1 Å². The Morgan fingerprint density at radius 3 is 2.35 bits per heavy atom. The first kappa shape index (κ1) is 22.6. The second-order valence-electron chi connectivity index (χ2n) is 7.35. The summed E-state index contributed by atoms with van der Waals surface area (Å²) in [5.74, 6) is 1.17. The number of esters is 1. The molecular weight excluding hydrogens is 436 g/mol. The maximum atomic E-state index is 12.6. The third-order valence-electron chi connectivity index (χ3n) is 5.45. The van der Waals surface area contributed by atoms with E-state index in [1.165, 1.54) is 7.11 Å². The van der Waals surface area contributed by atoms with Crippen LogP contribution in [0.15, 0.2) is 72.1 Å². The number of carbonyl (C=O) groups is 1. The Bertz CT molecular complexity index is 1330. The van der Waals surface area contributed by atoms with Crippen LogP contribution < -0.4 is 29.4 Å². The number of carbonyl (C=O) groups excluding carboxylic acids is 1. The molecule has 1 atom stereocenters. The Kier molecular flexibility index (Phi) is 6.28. The van der Waals surface area contributed by atoms with Crippen LogP contribution in [-0.4, -0.2) is 27.3 Å². The number of nitriles is 1. The Labute approximate surface area is 196 Å². The first-order valence-electron chi connectivity index (χ1n) is 10.3. The van der Waals surface area contributed by atoms with Crippen molar-refractivity contribution in [3.05, 3.63) is 88.8 Å². The van der Waals surface area contributed by atoms with E-state index in [0.29, 0.717) is 39.7 Å². The highest BCUT2D eigenvalue weighted by atomic mass is 16.5. The molecule has 1 aliphatic rings. The van der Waals surface area contributed by atoms with Crippen molar-refractivity contribution >= 4 is 5.97 Å². The minimum absolute atomic E-state index is 0.0406. The number of hydrogen-bond acceptors (Lipinski definition) is 8. The van der Waals surface area contributed by atoms with Gasteiger partial charge in [-0.05, 0) is 42.5 Å². The van der Waals surface area contributed by atoms with E-state index < -0.39 is 11.9 Å². The number of benzene rings is 3. The molecule has 1 aliphatic heterocycles. The number of rotatable bonds is 6. The predicted molar refractivity (Wildman–Crippen MR) is 123 cm³/mol. The molecule has 0 saturated heterocycles. The molecule has 34 heavy (non-hydrogen) atoms. The lowest BCUT2D eigenvalue weighted by Gasteiger charge is -2.28. The topological polar surface area (TPSA) is 113 Å². The van der Waals surface area contributed by atoms with Crippen LogP contribution in [0.4, 0.5) is 0 Å². The third kappa shape index (κ3) is 4.19. The third-order valence-corrected chi connectivity index (χ3v) is 5.45. The van der Waals surface area contributed by atoms with Crippen LogP contribution in [0.1, 0.15) is 27.4 Å². The molecule has 4 rings (SSSR count). The highest BCUT2D eigenvalue weighted by Crippen LogP contribution is 2.46. The fourth-order valence-corrected chi connectivity index (χ4v) is 3.80. The van der Waals surface area contributed by atoms with Gasteiger partial charge in [-0.1, -0.05) is 12.1 Å². The van der Waals surface area contributed by atoms with Gasteiger partial charge in [0.05, 0.1) is 32.8 Å². The molecule has 8 heteroatoms. The normalized spacial score (nSPS) is 14.4. The molecule has 0 bridgehead atoms. The maximum absolute atomic E-state index is 12.6. The SMILES string of the molecule is COc1cccc(C(=O)Oc2ccc3c(c2)OC(N)=C(C#N)C3c2cc(OC)ccc2OC)c1. The zero-order chi connectivity index (χ0) is 24.2. The molecule has 0 aromatic heterocycles. The zero-order valence-electron chi connectivity index (χ0n) is 18.8. The molecule has 0 amide bonds. The fraction of sp³-hybridized carbons (Fsp3) is 0.154. The summed E-state index contributed by atoms with van der Waals surface area (Å²) in [5.41, 5.74) is 8.03. The summed E-state index contributed by atoms with van der Waals surface area (Å²) in [6.45, 7) is 0. The molecule has 172 valence electrons. The zero-order valence-corrected chi connectivity index (χ0v) is 18.8. The van der Waals surface area contributed by atoms with Gasteiger partial charge in [-0.25, -0.2) is 4.79 Å². The Hall–Kier alpha value is -4.64. The van der Waals surface area contributed by atoms with E-state index in [-0.39, 0.29) is 17.2 Å². The van der Waals surface area contributed by atoms with Gasteiger partial charge in [0.1, 0.15) is 40.4 Å². The monoisotopic (exact) mass is 458 g/mol. The summed E-state index contributed by atoms with van der Waals surface area (Å²) in [6, 6.07) is 19.1. The van der Waals surface area contributed by atoms with Gasteiger partial charge >= 0.3 is 5.97 Å². The van der Waals surface area contributed by atoms with Gasteiger partial charge in [-0.2, -0.15) is 5.26 Å². The highest BCUT2D eigenvalue weighted by molar-refractivity contribution is 5.91. The van der Waals surface area contributed by atoms with Crippen molar-refractivity contribution in [2.75, 3.05) is 21.3 Å². The molecule has 0 aliphatic carbocycles. The number of ether oxygens (including phenoxy) is 5. The van der Waals surface area contributed by atoms with E-state index >= 15 is 0 Å². The largest absolute Gasteiger partial charge is 0.497 e. The van der Waals surface area contributed by atoms with Crippen molar-refractivity contribution < 1.29 is 28.5 Å². The molecule has 2 N–H and O–H groups in total. The van der Waals surface area contributed by atoms with Gasteiger partial charge in [0.25, 0.3) is 0 Å². The Morgan fingerprint density at radius 2 is 1.65 bits per heavy atom. The number of nitrogens with two attached hydrogens (primary N) is 1. The van der Waals surface area contributed by atoms with Crippen LogP contribution in [-0.2, 0) is 0 Å². The van der Waals surface area contributed by atoms with Crippen LogP contribution in [0.3, 0.4) is 0 Å². The van der Waals surface area contributed by atoms with Gasteiger partial charge in [0.15, 0.2) is 0 Å². The highest BCUT2D eigenvalue weighted by Gasteiger charge is 2.33. The smallest absolute Gasteiger partial charge is 0.343 e. The van der Waals surface area contributed by atoms with Gasteiger partial charge in [-0.3, -0.25) is 0 Å². The Morgan fingerprint density at radius 1 is 0.912 bits per heavy atom. The predicted octanol–water partition coefficient (Wildman–Crippen LogP) is 4.15. The van der Waals surface area contributed by atoms with Gasteiger partial charge in [0.2, 0.25) is 5.88 Å². The lowest BCUT2D eigenvalue weighted by atomic mass is 9.83. The lowest BCUT2D eigenvalue weighted by Crippen LogP contribution is -2.21. The van der Waals surface area contributed by atoms with Crippen molar-refractivity contribution in [2.45, 2.75) is 5.92 Å². The van der Waals surface area contributed by atoms with Crippen molar-refractivity contribution in [3.8, 4) is 34.8 Å². The molecule has 3 aromatic rings. The number of methoxy groups -OCH3 is 3. The summed E-state index contributed by atoms with van der Waals surface area (Å²) >= 11 is 0. The van der Waals surface area contributed by atoms with Gasteiger partial charge in [0, 0.05) is 17.2 Å². The summed E-state index contributed by atoms with van der Waals surface area (Å²) < 4.78 is 27.3. The van der Waals surface area contributed by atoms with Crippen molar-refractivity contribution in [3.63, 3.8) is 0 Å². The van der Waals surface area contributed by atoms with E-state index in [0.717, 1.165) is 0 Å². The second-order valence-corrected chi connectivity index (χ2v) is 7.35. The minimum atomic E-state index is -0.568. The Balaban J connectivity index is 1.73. The number of allylic oxidation sites excluding steroid dienone is 1. The fourth-order valence-electron chi connectivity index (χ4n) is 3.80. The summed E-state index contributed by atoms with van der Waals surface area (Å²) in [7, 11) is 4.63. The molecule has 0 saturated carbocycles. The molecule has 8 nitrogen and oxygen atoms in total. The average Bonchev–Trinajstić information content (AvgIpc) is 2.87. The van der Waals surface area contributed by atoms with Crippen LogP contribution in [0.5, 0.6) is 28.7 Å². The van der Waals surface area contributed by atoms with Crippen LogP contribution in [0, 0.1) is 11.3 Å². The molecule has 1 heterocycles. The molecule has 0 spiro atoms. The number of nitrogens with zero attached hydrogens (tertiary/aromatic N) is 1. The standard InChI is InChI=1S/C26H22N2O6/c1-30-16-6-4-5-15(11-16)26(29)33-18-7-9-19-23(13-18)34-25(28)21(14-27)24(19)20-12-17(31-2)8-10-22(20)32-3/h4-13,24H,28H2,1-3H3. The van der Waals surface area contributed by atoms with Crippen LogP contribution in [0.2, 0.25) is 0 Å². The average molecular weight is 458 g/mol. The molecule has 0 fully saturated rings. The van der Waals surface area contributed by atoms with E-state index in [1.807, 2.05) is 0 Å². The van der Waals surface area contributed by atoms with E-state index in [4.69, 9.17) is 29.4 Å². The lowest BCUT2D eigenvalue weighted by molar-refractivity contribution is 0.0734. The first-order valence-corrected chi connectivity index (χ1v) is 10.3. The van der Waals surface area contributed by atoms with E-state index in [1.54, 1.807) is 74.9 Å². The van der Waals surface area contributed by atoms with Crippen molar-refractivity contribution in [1.29, 1.82) is 5.26 Å². The van der Waals surface area contributed by atoms with Gasteiger partial charge in [-0.15, -0.1) is 0 Å². The quantitative estimate of drug-likeness (QED) is 0.433. The maximum Gasteiger partial charge on any atom is 0.343 e. The summed E-state index contributed by atoms with van der Waals surface area (Å²) in [4.78, 5) is 12.6. The van der Waals surface area contributed by atoms with Crippen molar-refractivity contribution in [1.82, 2.24) is 0 Å². The molecular formula is C26H22N2O6. The second kappa shape index (κ2) is 9.46. The summed E-state index contributed by atoms with van der Waals surface area (Å²) in [6.07, 6.45) is 0. The molecule has 1 unspecified atom stereocenters. The summed E-state index contributed by atoms with van der Waals surface area (Å²) in [5, 5.41) is 9.83. The van der Waals surface area contributed by atoms with E-state index in [2.05, 4.69) is 6.07 Å². The van der Waals surface area contributed by atoms with Gasteiger partial charge < -0.3 is 29.4 Å². The molecule has 3 aromatic carbocycles. The molecule has 0 radical (unpaired) electrons. The first-order chi connectivity index (χ1) is 16.5. The minimum Gasteiger partial charge on any atom is -0.497 e.